The van der Waals surface area contributed by atoms with E-state index in [2.05, 4.69) is 12.2 Å². The van der Waals surface area contributed by atoms with Gasteiger partial charge < -0.3 is 19.5 Å². The molecule has 0 saturated carbocycles. The van der Waals surface area contributed by atoms with Crippen LogP contribution in [0.5, 0.6) is 17.2 Å². The number of pyridine rings is 1. The van der Waals surface area contributed by atoms with E-state index in [1.807, 2.05) is 48.1 Å². The van der Waals surface area contributed by atoms with Crippen molar-refractivity contribution in [2.24, 2.45) is 7.05 Å². The number of nitrogens with zero attached hydrogens (tertiary/aromatic N) is 1. The van der Waals surface area contributed by atoms with Crippen LogP contribution in [0.2, 0.25) is 0 Å². The van der Waals surface area contributed by atoms with Gasteiger partial charge in [0.15, 0.2) is 30.0 Å². The lowest BCUT2D eigenvalue weighted by Crippen LogP contribution is -2.36. The number of ether oxygens (including phenoxy) is 3. The summed E-state index contributed by atoms with van der Waals surface area (Å²) in [5.41, 5.74) is 1.16. The quantitative estimate of drug-likeness (QED) is 0.274. The third-order valence-electron chi connectivity index (χ3n) is 5.63. The molecule has 1 aromatic carbocycles. The molecule has 33 heavy (non-hydrogen) atoms. The summed E-state index contributed by atoms with van der Waals surface area (Å²) < 4.78 is 19.0. The zero-order chi connectivity index (χ0) is 23.7. The second-order valence-corrected chi connectivity index (χ2v) is 8.33. The number of amides is 1. The van der Waals surface area contributed by atoms with E-state index in [9.17, 15) is 4.79 Å². The summed E-state index contributed by atoms with van der Waals surface area (Å²) in [7, 11) is 3.58. The van der Waals surface area contributed by atoms with E-state index in [0.29, 0.717) is 24.7 Å². The Morgan fingerprint density at radius 2 is 1.70 bits per heavy atom. The molecule has 0 unspecified atom stereocenters. The van der Waals surface area contributed by atoms with E-state index in [4.69, 9.17) is 14.2 Å². The van der Waals surface area contributed by atoms with Crippen LogP contribution in [0.15, 0.2) is 42.6 Å². The lowest BCUT2D eigenvalue weighted by Gasteiger charge is -2.13. The first-order chi connectivity index (χ1) is 16.1. The van der Waals surface area contributed by atoms with Gasteiger partial charge in [0.05, 0.1) is 13.7 Å². The Hall–Kier alpha value is -2.76. The lowest BCUT2D eigenvalue weighted by molar-refractivity contribution is -0.679. The van der Waals surface area contributed by atoms with Gasteiger partial charge in [0.2, 0.25) is 0 Å². The summed E-state index contributed by atoms with van der Waals surface area (Å²) >= 11 is 0. The van der Waals surface area contributed by atoms with Crippen molar-refractivity contribution in [2.75, 3.05) is 26.9 Å². The Bertz CT molecular complexity index is 826. The molecule has 0 radical (unpaired) electrons. The van der Waals surface area contributed by atoms with Crippen molar-refractivity contribution in [1.82, 2.24) is 5.32 Å². The molecular weight excluding hydrogens is 416 g/mol. The number of unbranched alkanes of at least 4 members (excludes halogenated alkanes) is 7. The lowest BCUT2D eigenvalue weighted by atomic mass is 10.1. The maximum absolute atomic E-state index is 12.2. The van der Waals surface area contributed by atoms with Crippen molar-refractivity contribution in [3.05, 3.63) is 48.3 Å². The van der Waals surface area contributed by atoms with E-state index >= 15 is 0 Å². The van der Waals surface area contributed by atoms with Gasteiger partial charge in [-0.2, -0.15) is 0 Å². The number of nitrogens with one attached hydrogen (secondary N) is 1. The van der Waals surface area contributed by atoms with E-state index in [1.165, 1.54) is 44.9 Å². The van der Waals surface area contributed by atoms with Crippen molar-refractivity contribution < 1.29 is 23.6 Å². The molecule has 6 heteroatoms. The highest BCUT2D eigenvalue weighted by atomic mass is 16.5. The zero-order valence-electron chi connectivity index (χ0n) is 20.6. The first kappa shape index (κ1) is 26.5. The molecule has 2 rings (SSSR count). The summed E-state index contributed by atoms with van der Waals surface area (Å²) in [6.45, 7) is 3.44. The SMILES string of the molecule is CCCCCCCCCCOc1ccc(OCC(=O)NCCc2cccc[n+]2C)c(OC)c1. The van der Waals surface area contributed by atoms with E-state index in [1.54, 1.807) is 13.2 Å². The van der Waals surface area contributed by atoms with Crippen molar-refractivity contribution in [3.63, 3.8) is 0 Å². The highest BCUT2D eigenvalue weighted by Gasteiger charge is 2.10. The third kappa shape index (κ3) is 10.6. The van der Waals surface area contributed by atoms with Gasteiger partial charge in [0, 0.05) is 31.2 Å². The van der Waals surface area contributed by atoms with Gasteiger partial charge in [0.1, 0.15) is 12.8 Å². The Labute approximate surface area is 199 Å². The summed E-state index contributed by atoms with van der Waals surface area (Å²) in [4.78, 5) is 12.2. The molecule has 1 amide bonds. The largest absolute Gasteiger partial charge is 0.493 e. The Morgan fingerprint density at radius 1 is 0.939 bits per heavy atom. The second kappa shape index (κ2) is 15.9. The fourth-order valence-corrected chi connectivity index (χ4v) is 3.63. The summed E-state index contributed by atoms with van der Waals surface area (Å²) in [6, 6.07) is 11.5. The monoisotopic (exact) mass is 457 g/mol. The summed E-state index contributed by atoms with van der Waals surface area (Å²) in [5.74, 6) is 1.68. The normalized spacial score (nSPS) is 10.6. The highest BCUT2D eigenvalue weighted by Crippen LogP contribution is 2.31. The second-order valence-electron chi connectivity index (χ2n) is 8.33. The molecule has 182 valence electrons. The van der Waals surface area contributed by atoms with Crippen LogP contribution >= 0.6 is 0 Å². The summed E-state index contributed by atoms with van der Waals surface area (Å²) in [5, 5.41) is 2.89. The van der Waals surface area contributed by atoms with Gasteiger partial charge in [-0.3, -0.25) is 4.79 Å². The number of carbonyl (C=O) groups is 1. The average Bonchev–Trinajstić information content (AvgIpc) is 2.83. The molecule has 0 bridgehead atoms. The summed E-state index contributed by atoms with van der Waals surface area (Å²) in [6.07, 6.45) is 12.9. The maximum Gasteiger partial charge on any atom is 0.257 e. The number of methoxy groups -OCH3 is 1. The molecule has 0 aliphatic carbocycles. The zero-order valence-corrected chi connectivity index (χ0v) is 20.6. The molecule has 1 heterocycles. The van der Waals surface area contributed by atoms with Crippen molar-refractivity contribution >= 4 is 5.91 Å². The number of aromatic nitrogens is 1. The minimum Gasteiger partial charge on any atom is -0.493 e. The van der Waals surface area contributed by atoms with Crippen molar-refractivity contribution in [3.8, 4) is 17.2 Å². The van der Waals surface area contributed by atoms with E-state index in [-0.39, 0.29) is 12.5 Å². The molecular formula is C27H41N2O4+. The van der Waals surface area contributed by atoms with Crippen molar-refractivity contribution in [1.29, 1.82) is 0 Å². The molecule has 0 saturated heterocycles. The number of hydrogen-bond acceptors (Lipinski definition) is 4. The first-order valence-corrected chi connectivity index (χ1v) is 12.3. The molecule has 1 aromatic heterocycles. The molecule has 0 aliphatic rings. The average molecular weight is 458 g/mol. The topological polar surface area (TPSA) is 60.7 Å². The number of rotatable bonds is 17. The number of aryl methyl sites for hydroxylation is 1. The first-order valence-electron chi connectivity index (χ1n) is 12.3. The van der Waals surface area contributed by atoms with Crippen LogP contribution in [-0.4, -0.2) is 32.8 Å². The number of hydrogen-bond donors (Lipinski definition) is 1. The van der Waals surface area contributed by atoms with Crippen LogP contribution in [0, 0.1) is 0 Å². The minimum atomic E-state index is -0.161. The molecule has 0 fully saturated rings. The predicted octanol–water partition coefficient (Wildman–Crippen LogP) is 4.78. The molecule has 2 aromatic rings. The van der Waals surface area contributed by atoms with Crippen LogP contribution in [0.3, 0.4) is 0 Å². The van der Waals surface area contributed by atoms with E-state index < -0.39 is 0 Å². The molecule has 6 nitrogen and oxygen atoms in total. The van der Waals surface area contributed by atoms with Crippen LogP contribution in [0.25, 0.3) is 0 Å². The molecule has 0 atom stereocenters. The number of carbonyl (C=O) groups excluding carboxylic acids is 1. The van der Waals surface area contributed by atoms with Gasteiger partial charge >= 0.3 is 0 Å². The van der Waals surface area contributed by atoms with Gasteiger partial charge in [0.25, 0.3) is 5.91 Å². The number of benzene rings is 1. The van der Waals surface area contributed by atoms with Gasteiger partial charge in [-0.05, 0) is 18.6 Å². The molecule has 0 aliphatic heterocycles. The smallest absolute Gasteiger partial charge is 0.257 e. The fourth-order valence-electron chi connectivity index (χ4n) is 3.63. The van der Waals surface area contributed by atoms with Crippen molar-refractivity contribution in [2.45, 2.75) is 64.7 Å². The van der Waals surface area contributed by atoms with Crippen LogP contribution < -0.4 is 24.1 Å². The van der Waals surface area contributed by atoms with Crippen LogP contribution in [-0.2, 0) is 18.3 Å². The van der Waals surface area contributed by atoms with Gasteiger partial charge in [-0.25, -0.2) is 4.57 Å². The fraction of sp³-hybridized carbons (Fsp3) is 0.556. The third-order valence-corrected chi connectivity index (χ3v) is 5.63. The van der Waals surface area contributed by atoms with Crippen LogP contribution in [0.1, 0.15) is 64.0 Å². The van der Waals surface area contributed by atoms with E-state index in [0.717, 1.165) is 24.3 Å². The Balaban J connectivity index is 1.65. The Morgan fingerprint density at radius 3 is 2.42 bits per heavy atom. The molecule has 0 spiro atoms. The predicted molar refractivity (Wildman–Crippen MR) is 131 cm³/mol. The Kier molecular flexibility index (Phi) is 12.8. The maximum atomic E-state index is 12.2. The standard InChI is InChI=1S/C27H40N2O4/c1-4-5-6-7-8-9-10-13-20-32-24-15-16-25(26(21-24)31-3)33-22-27(30)28-18-17-23-14-11-12-19-29(23)2/h11-12,14-16,19,21H,4-10,13,17-18,20,22H2,1-3H3/p+1. The molecule has 1 N–H and O–H groups in total. The van der Waals surface area contributed by atoms with Gasteiger partial charge in [-0.15, -0.1) is 0 Å². The highest BCUT2D eigenvalue weighted by molar-refractivity contribution is 5.77. The van der Waals surface area contributed by atoms with Gasteiger partial charge in [-0.1, -0.05) is 57.9 Å². The minimum absolute atomic E-state index is 0.0598. The van der Waals surface area contributed by atoms with Crippen LogP contribution in [0.4, 0.5) is 0 Å².